The number of carbonyl (C=O) groups excluding carboxylic acids is 1. The number of pyridine rings is 1. The Morgan fingerprint density at radius 2 is 2.17 bits per heavy atom. The van der Waals surface area contributed by atoms with Crippen molar-refractivity contribution in [2.45, 2.75) is 44.7 Å². The fraction of sp³-hybridized carbons (Fsp3) is 0.647. The Hall–Kier alpha value is -1.82. The van der Waals surface area contributed by atoms with Crippen molar-refractivity contribution in [2.75, 3.05) is 27.4 Å². The third kappa shape index (κ3) is 4.58. The Morgan fingerprint density at radius 3 is 2.91 bits per heavy atom. The minimum Gasteiger partial charge on any atom is -0.491 e. The van der Waals surface area contributed by atoms with E-state index < -0.39 is 0 Å². The topological polar surface area (TPSA) is 60.8 Å². The Bertz CT molecular complexity index is 570. The summed E-state index contributed by atoms with van der Waals surface area (Å²) in [5.41, 5.74) is -0.267. The highest BCUT2D eigenvalue weighted by Gasteiger charge is 2.26. The first-order valence-corrected chi connectivity index (χ1v) is 8.19. The highest BCUT2D eigenvalue weighted by atomic mass is 16.5. The minimum atomic E-state index is -0.267. The molecule has 23 heavy (non-hydrogen) atoms. The molecular formula is C17H26N2O4. The quantitative estimate of drug-likeness (QED) is 0.717. The van der Waals surface area contributed by atoms with Crippen molar-refractivity contribution in [1.29, 1.82) is 0 Å². The highest BCUT2D eigenvalue weighted by molar-refractivity contribution is 5.76. The van der Waals surface area contributed by atoms with Crippen molar-refractivity contribution in [3.63, 3.8) is 0 Å². The smallest absolute Gasteiger partial charge is 0.293 e. The number of amides is 1. The number of piperidine rings is 1. The maximum Gasteiger partial charge on any atom is 0.293 e. The Morgan fingerprint density at radius 1 is 1.35 bits per heavy atom. The summed E-state index contributed by atoms with van der Waals surface area (Å²) in [5.74, 6) is 0.262. The molecule has 1 amide bonds. The summed E-state index contributed by atoms with van der Waals surface area (Å²) in [6.45, 7) is 1.56. The van der Waals surface area contributed by atoms with E-state index in [1.54, 1.807) is 25.4 Å². The zero-order valence-corrected chi connectivity index (χ0v) is 14.0. The van der Waals surface area contributed by atoms with Gasteiger partial charge in [0.05, 0.1) is 7.11 Å². The molecular weight excluding hydrogens is 296 g/mol. The number of rotatable bonds is 7. The Labute approximate surface area is 137 Å². The van der Waals surface area contributed by atoms with Crippen LogP contribution in [0.5, 0.6) is 5.75 Å². The van der Waals surface area contributed by atoms with Gasteiger partial charge in [0.25, 0.3) is 5.56 Å². The molecule has 1 fully saturated rings. The number of nitrogens with zero attached hydrogens (tertiary/aromatic N) is 2. The van der Waals surface area contributed by atoms with Crippen LogP contribution in [-0.4, -0.2) is 48.8 Å². The zero-order chi connectivity index (χ0) is 16.7. The number of likely N-dealkylation sites (tertiary alicyclic amines) is 1. The van der Waals surface area contributed by atoms with Crippen molar-refractivity contribution in [3.8, 4) is 5.75 Å². The third-order valence-corrected chi connectivity index (χ3v) is 4.34. The van der Waals surface area contributed by atoms with Crippen LogP contribution in [0.3, 0.4) is 0 Å². The van der Waals surface area contributed by atoms with Crippen molar-refractivity contribution >= 4 is 5.91 Å². The summed E-state index contributed by atoms with van der Waals surface area (Å²) in [7, 11) is 3.15. The summed E-state index contributed by atoms with van der Waals surface area (Å²) in [4.78, 5) is 26.8. The molecule has 1 aromatic rings. The van der Waals surface area contributed by atoms with Crippen molar-refractivity contribution in [3.05, 3.63) is 28.7 Å². The molecule has 0 aromatic carbocycles. The highest BCUT2D eigenvalue weighted by Crippen LogP contribution is 2.21. The van der Waals surface area contributed by atoms with Gasteiger partial charge in [-0.15, -0.1) is 0 Å². The standard InChI is InChI=1S/C17H26N2O4/c1-22-12-6-8-14-7-3-4-11-19(14)16(20)13-18-10-5-9-15(23-2)17(18)21/h5,9-10,14H,3-4,6-8,11-13H2,1-2H3. The lowest BCUT2D eigenvalue weighted by atomic mass is 9.98. The van der Waals surface area contributed by atoms with Crippen LogP contribution in [-0.2, 0) is 16.1 Å². The second kappa shape index (κ2) is 8.72. The molecule has 0 N–H and O–H groups in total. The van der Waals surface area contributed by atoms with E-state index in [2.05, 4.69) is 0 Å². The number of hydrogen-bond acceptors (Lipinski definition) is 4. The van der Waals surface area contributed by atoms with Crippen LogP contribution in [0.25, 0.3) is 0 Å². The maximum absolute atomic E-state index is 12.7. The van der Waals surface area contributed by atoms with Gasteiger partial charge in [-0.05, 0) is 44.2 Å². The average Bonchev–Trinajstić information content (AvgIpc) is 2.57. The van der Waals surface area contributed by atoms with Crippen LogP contribution in [0, 0.1) is 0 Å². The molecule has 0 spiro atoms. The van der Waals surface area contributed by atoms with Gasteiger partial charge in [0.1, 0.15) is 6.54 Å². The molecule has 1 aliphatic rings. The maximum atomic E-state index is 12.7. The van der Waals surface area contributed by atoms with Gasteiger partial charge in [0, 0.05) is 32.5 Å². The molecule has 1 saturated heterocycles. The van der Waals surface area contributed by atoms with E-state index in [9.17, 15) is 9.59 Å². The molecule has 0 aliphatic carbocycles. The number of methoxy groups -OCH3 is 2. The van der Waals surface area contributed by atoms with E-state index in [1.165, 1.54) is 11.7 Å². The predicted molar refractivity (Wildman–Crippen MR) is 87.7 cm³/mol. The van der Waals surface area contributed by atoms with Gasteiger partial charge in [-0.3, -0.25) is 9.59 Å². The van der Waals surface area contributed by atoms with Gasteiger partial charge in [-0.2, -0.15) is 0 Å². The first-order valence-electron chi connectivity index (χ1n) is 8.19. The van der Waals surface area contributed by atoms with Gasteiger partial charge < -0.3 is 18.9 Å². The normalized spacial score (nSPS) is 18.0. The molecule has 1 aromatic heterocycles. The number of hydrogen-bond donors (Lipinski definition) is 0. The molecule has 1 aliphatic heterocycles. The molecule has 2 rings (SSSR count). The summed E-state index contributed by atoms with van der Waals surface area (Å²) < 4.78 is 11.5. The Balaban J connectivity index is 2.04. The van der Waals surface area contributed by atoms with Crippen molar-refractivity contribution < 1.29 is 14.3 Å². The van der Waals surface area contributed by atoms with Crippen LogP contribution < -0.4 is 10.3 Å². The first-order chi connectivity index (χ1) is 11.2. The van der Waals surface area contributed by atoms with Crippen LogP contribution in [0.4, 0.5) is 0 Å². The van der Waals surface area contributed by atoms with Crippen LogP contribution in [0.1, 0.15) is 32.1 Å². The molecule has 0 radical (unpaired) electrons. The molecule has 0 bridgehead atoms. The molecule has 128 valence electrons. The zero-order valence-electron chi connectivity index (χ0n) is 14.0. The lowest BCUT2D eigenvalue weighted by Gasteiger charge is -2.36. The summed E-state index contributed by atoms with van der Waals surface area (Å²) in [6, 6.07) is 3.59. The van der Waals surface area contributed by atoms with Crippen LogP contribution >= 0.6 is 0 Å². The molecule has 6 nitrogen and oxygen atoms in total. The molecule has 2 heterocycles. The van der Waals surface area contributed by atoms with Gasteiger partial charge in [0.15, 0.2) is 5.75 Å². The predicted octanol–water partition coefficient (Wildman–Crippen LogP) is 1.66. The van der Waals surface area contributed by atoms with Crippen LogP contribution in [0.15, 0.2) is 23.1 Å². The first kappa shape index (κ1) is 17.5. The van der Waals surface area contributed by atoms with Gasteiger partial charge in [-0.1, -0.05) is 0 Å². The number of aromatic nitrogens is 1. The summed E-state index contributed by atoms with van der Waals surface area (Å²) in [5, 5.41) is 0. The fourth-order valence-corrected chi connectivity index (χ4v) is 3.12. The second-order valence-electron chi connectivity index (χ2n) is 5.88. The molecule has 1 atom stereocenters. The van der Waals surface area contributed by atoms with E-state index in [-0.39, 0.29) is 29.8 Å². The van der Waals surface area contributed by atoms with Crippen molar-refractivity contribution in [1.82, 2.24) is 9.47 Å². The molecule has 1 unspecified atom stereocenters. The average molecular weight is 322 g/mol. The molecule has 6 heteroatoms. The lowest BCUT2D eigenvalue weighted by molar-refractivity contribution is -0.135. The number of carbonyl (C=O) groups is 1. The fourth-order valence-electron chi connectivity index (χ4n) is 3.12. The summed E-state index contributed by atoms with van der Waals surface area (Å²) in [6.07, 6.45) is 6.74. The minimum absolute atomic E-state index is 0.00229. The van der Waals surface area contributed by atoms with E-state index in [0.717, 1.165) is 38.6 Å². The van der Waals surface area contributed by atoms with Gasteiger partial charge in [0.2, 0.25) is 5.91 Å². The number of ether oxygens (including phenoxy) is 2. The molecule has 0 saturated carbocycles. The summed E-state index contributed by atoms with van der Waals surface area (Å²) >= 11 is 0. The SMILES string of the molecule is COCCCC1CCCCN1C(=O)Cn1cccc(OC)c1=O. The third-order valence-electron chi connectivity index (χ3n) is 4.34. The second-order valence-corrected chi connectivity index (χ2v) is 5.88. The van der Waals surface area contributed by atoms with Crippen molar-refractivity contribution in [2.24, 2.45) is 0 Å². The van der Waals surface area contributed by atoms with E-state index in [1.807, 2.05) is 4.90 Å². The van der Waals surface area contributed by atoms with Gasteiger partial charge in [-0.25, -0.2) is 0 Å². The van der Waals surface area contributed by atoms with E-state index >= 15 is 0 Å². The van der Waals surface area contributed by atoms with E-state index in [4.69, 9.17) is 9.47 Å². The van der Waals surface area contributed by atoms with Crippen LogP contribution in [0.2, 0.25) is 0 Å². The monoisotopic (exact) mass is 322 g/mol. The lowest BCUT2D eigenvalue weighted by Crippen LogP contribution is -2.46. The van der Waals surface area contributed by atoms with E-state index in [0.29, 0.717) is 6.61 Å². The largest absolute Gasteiger partial charge is 0.491 e. The van der Waals surface area contributed by atoms with Gasteiger partial charge >= 0.3 is 0 Å². The Kier molecular flexibility index (Phi) is 6.65.